The first-order valence-electron chi connectivity index (χ1n) is 6.26. The highest BCUT2D eigenvalue weighted by atomic mass is 16.7. The molecule has 0 N–H and O–H groups in total. The van der Waals surface area contributed by atoms with E-state index in [1.807, 2.05) is 0 Å². The lowest BCUT2D eigenvalue weighted by molar-refractivity contribution is 0.111. The van der Waals surface area contributed by atoms with Crippen molar-refractivity contribution in [3.8, 4) is 5.95 Å². The summed E-state index contributed by atoms with van der Waals surface area (Å²) in [4.78, 5) is 34.8. The number of fused-ring (bicyclic) bond motifs is 3. The molecule has 0 aliphatic heterocycles. The molecule has 3 aromatic rings. The van der Waals surface area contributed by atoms with Gasteiger partial charge in [-0.25, -0.2) is 9.59 Å². The fraction of sp³-hybridized carbons (Fsp3) is 0.133. The number of ether oxygens (including phenoxy) is 2. The Morgan fingerprint density at radius 1 is 1.14 bits per heavy atom. The van der Waals surface area contributed by atoms with Gasteiger partial charge in [0.05, 0.1) is 13.2 Å². The van der Waals surface area contributed by atoms with Crippen LogP contribution in [0.2, 0.25) is 0 Å². The molecule has 112 valence electrons. The van der Waals surface area contributed by atoms with E-state index in [0.717, 1.165) is 13.2 Å². The minimum atomic E-state index is -1.01. The van der Waals surface area contributed by atoms with Crippen LogP contribution in [-0.4, -0.2) is 13.3 Å². The van der Waals surface area contributed by atoms with Crippen LogP contribution in [0.4, 0.5) is 4.79 Å². The average Bonchev–Trinajstić information content (AvgIpc) is 2.46. The molecule has 1 aromatic carbocycles. The number of hydrogen-bond acceptors (Lipinski definition) is 7. The molecule has 0 bridgehead atoms. The fourth-order valence-electron chi connectivity index (χ4n) is 2.18. The van der Waals surface area contributed by atoms with Crippen LogP contribution in [0.15, 0.2) is 42.7 Å². The Morgan fingerprint density at radius 3 is 2.64 bits per heavy atom. The molecule has 7 nitrogen and oxygen atoms in total. The maximum Gasteiger partial charge on any atom is 0.516 e. The summed E-state index contributed by atoms with van der Waals surface area (Å²) in [7, 11) is 1.13. The molecule has 0 fully saturated rings. The van der Waals surface area contributed by atoms with Gasteiger partial charge in [-0.05, 0) is 24.6 Å². The Balaban J connectivity index is 2.34. The van der Waals surface area contributed by atoms with Crippen molar-refractivity contribution in [1.29, 1.82) is 0 Å². The summed E-state index contributed by atoms with van der Waals surface area (Å²) >= 11 is 0. The predicted octanol–water partition coefficient (Wildman–Crippen LogP) is 2.35. The zero-order valence-corrected chi connectivity index (χ0v) is 11.7. The number of aryl methyl sites for hydroxylation is 1. The Kier molecular flexibility index (Phi) is 3.17. The highest BCUT2D eigenvalue weighted by Crippen LogP contribution is 2.26. The summed E-state index contributed by atoms with van der Waals surface area (Å²) in [5, 5.41) is 0.733. The SMILES string of the molecule is COC(=O)Oc1cc(=O)c2c(ccc3c(C)cc(=O)oc32)o1. The summed E-state index contributed by atoms with van der Waals surface area (Å²) in [5.41, 5.74) is -0.109. The molecule has 0 saturated carbocycles. The highest BCUT2D eigenvalue weighted by molar-refractivity contribution is 6.02. The van der Waals surface area contributed by atoms with Gasteiger partial charge in [0.25, 0.3) is 5.95 Å². The van der Waals surface area contributed by atoms with E-state index in [1.165, 1.54) is 12.1 Å². The molecule has 0 spiro atoms. The van der Waals surface area contributed by atoms with Crippen molar-refractivity contribution < 1.29 is 23.1 Å². The fourth-order valence-corrected chi connectivity index (χ4v) is 2.18. The lowest BCUT2D eigenvalue weighted by atomic mass is 10.1. The number of hydrogen-bond donors (Lipinski definition) is 0. The molecule has 0 aliphatic rings. The van der Waals surface area contributed by atoms with E-state index < -0.39 is 17.2 Å². The second-order valence-electron chi connectivity index (χ2n) is 4.55. The minimum Gasteiger partial charge on any atom is -0.437 e. The molecular formula is C15H10O7. The Hall–Kier alpha value is -3.09. The summed E-state index contributed by atoms with van der Waals surface area (Å²) in [6, 6.07) is 5.52. The van der Waals surface area contributed by atoms with Crippen molar-refractivity contribution in [3.63, 3.8) is 0 Å². The first-order valence-corrected chi connectivity index (χ1v) is 6.26. The molecule has 7 heteroatoms. The van der Waals surface area contributed by atoms with E-state index in [1.54, 1.807) is 13.0 Å². The first-order chi connectivity index (χ1) is 10.5. The summed E-state index contributed by atoms with van der Waals surface area (Å²) in [6.07, 6.45) is -1.01. The molecule has 0 amide bonds. The number of benzene rings is 1. The van der Waals surface area contributed by atoms with Gasteiger partial charge in [0.2, 0.25) is 5.43 Å². The van der Waals surface area contributed by atoms with Gasteiger partial charge in [0.1, 0.15) is 11.0 Å². The van der Waals surface area contributed by atoms with E-state index in [0.29, 0.717) is 10.9 Å². The van der Waals surface area contributed by atoms with Gasteiger partial charge in [-0.3, -0.25) is 4.79 Å². The van der Waals surface area contributed by atoms with Crippen molar-refractivity contribution in [3.05, 3.63) is 50.5 Å². The van der Waals surface area contributed by atoms with Gasteiger partial charge >= 0.3 is 11.8 Å². The molecule has 0 aliphatic carbocycles. The van der Waals surface area contributed by atoms with E-state index in [9.17, 15) is 14.4 Å². The van der Waals surface area contributed by atoms with E-state index in [2.05, 4.69) is 4.74 Å². The van der Waals surface area contributed by atoms with Crippen LogP contribution in [-0.2, 0) is 4.74 Å². The topological polar surface area (TPSA) is 96.0 Å². The zero-order valence-electron chi connectivity index (χ0n) is 11.7. The standard InChI is InChI=1S/C15H10O7/c1-7-5-11(17)21-14-8(7)3-4-10-13(14)9(16)6-12(20-10)22-15(18)19-2/h3-6H,1-2H3. The van der Waals surface area contributed by atoms with Crippen LogP contribution in [0.25, 0.3) is 21.9 Å². The third-order valence-electron chi connectivity index (χ3n) is 3.14. The van der Waals surface area contributed by atoms with Gasteiger partial charge < -0.3 is 18.3 Å². The summed E-state index contributed by atoms with van der Waals surface area (Å²) < 4.78 is 19.5. The quantitative estimate of drug-likeness (QED) is 0.386. The maximum absolute atomic E-state index is 12.3. The van der Waals surface area contributed by atoms with Crippen molar-refractivity contribution in [1.82, 2.24) is 0 Å². The van der Waals surface area contributed by atoms with E-state index in [4.69, 9.17) is 13.6 Å². The van der Waals surface area contributed by atoms with Gasteiger partial charge in [0, 0.05) is 11.5 Å². The molecule has 0 atom stereocenters. The number of rotatable bonds is 1. The van der Waals surface area contributed by atoms with Crippen molar-refractivity contribution in [2.24, 2.45) is 0 Å². The van der Waals surface area contributed by atoms with Crippen LogP contribution < -0.4 is 15.8 Å². The molecular weight excluding hydrogens is 292 g/mol. The van der Waals surface area contributed by atoms with Crippen LogP contribution in [0.3, 0.4) is 0 Å². The first kappa shape index (κ1) is 13.9. The highest BCUT2D eigenvalue weighted by Gasteiger charge is 2.15. The number of carbonyl (C=O) groups is 1. The monoisotopic (exact) mass is 302 g/mol. The van der Waals surface area contributed by atoms with Crippen LogP contribution >= 0.6 is 0 Å². The van der Waals surface area contributed by atoms with Crippen molar-refractivity contribution >= 4 is 28.1 Å². The van der Waals surface area contributed by atoms with Gasteiger partial charge in [-0.2, -0.15) is 0 Å². The molecule has 0 saturated heterocycles. The largest absolute Gasteiger partial charge is 0.516 e. The summed E-state index contributed by atoms with van der Waals surface area (Å²) in [6.45, 7) is 1.74. The molecule has 0 unspecified atom stereocenters. The lowest BCUT2D eigenvalue weighted by Crippen LogP contribution is -2.10. The van der Waals surface area contributed by atoms with Crippen molar-refractivity contribution in [2.45, 2.75) is 6.92 Å². The zero-order chi connectivity index (χ0) is 15.9. The van der Waals surface area contributed by atoms with E-state index >= 15 is 0 Å². The molecule has 3 rings (SSSR count). The van der Waals surface area contributed by atoms with Crippen molar-refractivity contribution in [2.75, 3.05) is 7.11 Å². The van der Waals surface area contributed by atoms with Gasteiger partial charge in [0.15, 0.2) is 5.58 Å². The predicted molar refractivity (Wildman–Crippen MR) is 76.3 cm³/mol. The molecule has 2 aromatic heterocycles. The van der Waals surface area contributed by atoms with Gasteiger partial charge in [-0.1, -0.05) is 0 Å². The second kappa shape index (κ2) is 5.03. The lowest BCUT2D eigenvalue weighted by Gasteiger charge is -2.05. The number of carbonyl (C=O) groups excluding carboxylic acids is 1. The normalized spacial score (nSPS) is 10.8. The summed E-state index contributed by atoms with van der Waals surface area (Å²) in [5.74, 6) is -0.307. The smallest absolute Gasteiger partial charge is 0.437 e. The van der Waals surface area contributed by atoms with Crippen LogP contribution in [0.5, 0.6) is 5.95 Å². The Labute approximate surface area is 122 Å². The van der Waals surface area contributed by atoms with Crippen LogP contribution in [0.1, 0.15) is 5.56 Å². The average molecular weight is 302 g/mol. The molecule has 0 radical (unpaired) electrons. The molecule has 22 heavy (non-hydrogen) atoms. The second-order valence-corrected chi connectivity index (χ2v) is 4.55. The number of methoxy groups -OCH3 is 1. The Morgan fingerprint density at radius 2 is 1.91 bits per heavy atom. The van der Waals surface area contributed by atoms with Gasteiger partial charge in [-0.15, -0.1) is 0 Å². The minimum absolute atomic E-state index is 0.107. The Bertz CT molecular complexity index is 1010. The third-order valence-corrected chi connectivity index (χ3v) is 3.14. The third kappa shape index (κ3) is 2.22. The maximum atomic E-state index is 12.3. The molecule has 2 heterocycles. The van der Waals surface area contributed by atoms with Crippen LogP contribution in [0, 0.1) is 6.92 Å². The van der Waals surface area contributed by atoms with E-state index in [-0.39, 0.29) is 22.5 Å².